The van der Waals surface area contributed by atoms with E-state index in [0.29, 0.717) is 34.9 Å². The monoisotopic (exact) mass is 450 g/mol. The van der Waals surface area contributed by atoms with Gasteiger partial charge in [-0.05, 0) is 41.8 Å². The van der Waals surface area contributed by atoms with Gasteiger partial charge in [-0.2, -0.15) is 4.98 Å². The van der Waals surface area contributed by atoms with Crippen molar-refractivity contribution in [3.63, 3.8) is 0 Å². The number of unbranched alkanes of at least 4 members (excludes halogenated alkanes) is 1. The second-order valence-corrected chi connectivity index (χ2v) is 7.74. The summed E-state index contributed by atoms with van der Waals surface area (Å²) in [5.74, 6) is 1.63. The molecule has 1 fully saturated rings. The molecule has 0 radical (unpaired) electrons. The van der Waals surface area contributed by atoms with Gasteiger partial charge in [0.25, 0.3) is 5.91 Å². The summed E-state index contributed by atoms with van der Waals surface area (Å²) in [6, 6.07) is 13.5. The van der Waals surface area contributed by atoms with Gasteiger partial charge in [0, 0.05) is 6.42 Å². The number of carbonyl (C=O) groups excluding carboxylic acids is 2. The molecule has 1 saturated heterocycles. The molecule has 1 aliphatic rings. The van der Waals surface area contributed by atoms with Crippen LogP contribution in [0.15, 0.2) is 53.1 Å². The number of imide groups is 1. The lowest BCUT2D eigenvalue weighted by molar-refractivity contribution is -0.130. The van der Waals surface area contributed by atoms with E-state index >= 15 is 0 Å². The highest BCUT2D eigenvalue weighted by molar-refractivity contribution is 6.09. The molecule has 0 saturated carbocycles. The van der Waals surface area contributed by atoms with Crippen molar-refractivity contribution in [1.82, 2.24) is 20.4 Å². The fraction of sp³-hybridized carbons (Fsp3) is 0.333. The Morgan fingerprint density at radius 2 is 1.55 bits per heavy atom. The van der Waals surface area contributed by atoms with Crippen LogP contribution in [0, 0.1) is 0 Å². The van der Waals surface area contributed by atoms with E-state index in [4.69, 9.17) is 14.0 Å². The van der Waals surface area contributed by atoms with E-state index in [2.05, 4.69) is 22.4 Å². The van der Waals surface area contributed by atoms with Crippen molar-refractivity contribution in [2.75, 3.05) is 14.2 Å². The van der Waals surface area contributed by atoms with Gasteiger partial charge in [-0.1, -0.05) is 42.8 Å². The second kappa shape index (κ2) is 9.32. The molecule has 2 aromatic carbocycles. The summed E-state index contributed by atoms with van der Waals surface area (Å²) < 4.78 is 15.8. The van der Waals surface area contributed by atoms with Crippen molar-refractivity contribution in [1.29, 1.82) is 0 Å². The number of hydrogen-bond donors (Lipinski definition) is 1. The van der Waals surface area contributed by atoms with E-state index < -0.39 is 17.5 Å². The zero-order chi connectivity index (χ0) is 23.4. The number of aryl methyl sites for hydroxylation is 1. The SMILES string of the molecule is CCCCc1noc(CN2C(=O)NC(c3ccc(OC)cc3)(c3ccc(OC)cc3)C2=O)n1. The van der Waals surface area contributed by atoms with Crippen molar-refractivity contribution >= 4 is 11.9 Å². The van der Waals surface area contributed by atoms with E-state index in [9.17, 15) is 9.59 Å². The predicted molar refractivity (Wildman–Crippen MR) is 119 cm³/mol. The molecule has 1 aliphatic heterocycles. The van der Waals surface area contributed by atoms with Gasteiger partial charge in [0.05, 0.1) is 14.2 Å². The van der Waals surface area contributed by atoms with Crippen molar-refractivity contribution in [3.8, 4) is 11.5 Å². The minimum absolute atomic E-state index is 0.113. The maximum absolute atomic E-state index is 13.8. The van der Waals surface area contributed by atoms with Crippen LogP contribution in [-0.4, -0.2) is 41.2 Å². The molecule has 1 aromatic heterocycles. The highest BCUT2D eigenvalue weighted by atomic mass is 16.5. The number of hydrogen-bond acceptors (Lipinski definition) is 7. The van der Waals surface area contributed by atoms with Gasteiger partial charge < -0.3 is 19.3 Å². The molecule has 33 heavy (non-hydrogen) atoms. The third kappa shape index (κ3) is 4.13. The Hall–Kier alpha value is -3.88. The Bertz CT molecular complexity index is 1080. The molecule has 3 amide bonds. The van der Waals surface area contributed by atoms with E-state index in [-0.39, 0.29) is 12.4 Å². The Kier molecular flexibility index (Phi) is 6.30. The lowest BCUT2D eigenvalue weighted by atomic mass is 9.82. The number of nitrogens with zero attached hydrogens (tertiary/aromatic N) is 3. The number of ether oxygens (including phenoxy) is 2. The van der Waals surface area contributed by atoms with Gasteiger partial charge in [0.1, 0.15) is 18.0 Å². The molecule has 1 N–H and O–H groups in total. The van der Waals surface area contributed by atoms with Crippen LogP contribution in [0.25, 0.3) is 0 Å². The number of amides is 3. The smallest absolute Gasteiger partial charge is 0.326 e. The number of urea groups is 1. The minimum atomic E-state index is -1.42. The van der Waals surface area contributed by atoms with E-state index in [0.717, 1.165) is 17.7 Å². The zero-order valence-electron chi connectivity index (χ0n) is 18.8. The number of rotatable bonds is 9. The number of carbonyl (C=O) groups is 2. The Morgan fingerprint density at radius 3 is 2.06 bits per heavy atom. The van der Waals surface area contributed by atoms with E-state index in [1.807, 2.05) is 0 Å². The molecular weight excluding hydrogens is 424 g/mol. The Balaban J connectivity index is 1.71. The van der Waals surface area contributed by atoms with Crippen molar-refractivity contribution < 1.29 is 23.6 Å². The quantitative estimate of drug-likeness (QED) is 0.498. The molecular formula is C24H26N4O5. The molecule has 0 atom stereocenters. The molecule has 0 aliphatic carbocycles. The summed E-state index contributed by atoms with van der Waals surface area (Å²) in [5.41, 5.74) is -0.215. The van der Waals surface area contributed by atoms with Crippen LogP contribution in [0.3, 0.4) is 0 Å². The summed E-state index contributed by atoms with van der Waals surface area (Å²) in [5, 5.41) is 6.86. The molecule has 9 nitrogen and oxygen atoms in total. The zero-order valence-corrected chi connectivity index (χ0v) is 18.8. The van der Waals surface area contributed by atoms with Crippen molar-refractivity contribution in [2.24, 2.45) is 0 Å². The van der Waals surface area contributed by atoms with Crippen molar-refractivity contribution in [2.45, 2.75) is 38.3 Å². The third-order valence-electron chi connectivity index (χ3n) is 5.71. The largest absolute Gasteiger partial charge is 0.497 e. The lowest BCUT2D eigenvalue weighted by Crippen LogP contribution is -2.45. The summed E-state index contributed by atoms with van der Waals surface area (Å²) in [6.07, 6.45) is 2.62. The summed E-state index contributed by atoms with van der Waals surface area (Å²) in [7, 11) is 3.13. The van der Waals surface area contributed by atoms with Crippen LogP contribution in [-0.2, 0) is 23.3 Å². The summed E-state index contributed by atoms with van der Waals surface area (Å²) in [6.45, 7) is 1.96. The molecule has 9 heteroatoms. The fourth-order valence-corrected chi connectivity index (χ4v) is 3.89. The topological polar surface area (TPSA) is 107 Å². The van der Waals surface area contributed by atoms with Crippen LogP contribution in [0.2, 0.25) is 0 Å². The molecule has 0 bridgehead atoms. The van der Waals surface area contributed by atoms with Gasteiger partial charge in [0.15, 0.2) is 11.4 Å². The van der Waals surface area contributed by atoms with Crippen LogP contribution in [0.1, 0.15) is 42.6 Å². The molecule has 0 unspecified atom stereocenters. The van der Waals surface area contributed by atoms with Gasteiger partial charge in [0.2, 0.25) is 5.89 Å². The predicted octanol–water partition coefficient (Wildman–Crippen LogP) is 3.43. The Labute approximate surface area is 191 Å². The van der Waals surface area contributed by atoms with Crippen LogP contribution < -0.4 is 14.8 Å². The van der Waals surface area contributed by atoms with Crippen LogP contribution in [0.4, 0.5) is 4.79 Å². The fourth-order valence-electron chi connectivity index (χ4n) is 3.89. The standard InChI is InChI=1S/C24H26N4O5/c1-4-5-6-20-25-21(33-27-20)15-28-22(29)24(26-23(28)30,16-7-11-18(31-2)12-8-16)17-9-13-19(32-3)14-10-17/h7-14H,4-6,15H2,1-3H3,(H,26,30). The number of benzene rings is 2. The number of methoxy groups -OCH3 is 2. The van der Waals surface area contributed by atoms with Crippen molar-refractivity contribution in [3.05, 3.63) is 71.4 Å². The van der Waals surface area contributed by atoms with Gasteiger partial charge in [-0.3, -0.25) is 9.69 Å². The molecule has 4 rings (SSSR count). The van der Waals surface area contributed by atoms with Gasteiger partial charge >= 0.3 is 6.03 Å². The maximum atomic E-state index is 13.8. The highest BCUT2D eigenvalue weighted by Gasteiger charge is 2.54. The first-order valence-electron chi connectivity index (χ1n) is 10.8. The first-order valence-corrected chi connectivity index (χ1v) is 10.8. The number of nitrogens with one attached hydrogen (secondary N) is 1. The van der Waals surface area contributed by atoms with Gasteiger partial charge in [-0.15, -0.1) is 0 Å². The van der Waals surface area contributed by atoms with Crippen LogP contribution >= 0.6 is 0 Å². The average Bonchev–Trinajstić information content (AvgIpc) is 3.41. The summed E-state index contributed by atoms with van der Waals surface area (Å²) >= 11 is 0. The lowest BCUT2D eigenvalue weighted by Gasteiger charge is -2.28. The average molecular weight is 450 g/mol. The first-order chi connectivity index (χ1) is 16.0. The normalized spacial score (nSPS) is 14.9. The number of aromatic nitrogens is 2. The Morgan fingerprint density at radius 1 is 0.970 bits per heavy atom. The minimum Gasteiger partial charge on any atom is -0.497 e. The third-order valence-corrected chi connectivity index (χ3v) is 5.71. The van der Waals surface area contributed by atoms with E-state index in [1.54, 1.807) is 62.8 Å². The maximum Gasteiger partial charge on any atom is 0.326 e. The molecule has 172 valence electrons. The second-order valence-electron chi connectivity index (χ2n) is 7.74. The van der Waals surface area contributed by atoms with Crippen LogP contribution in [0.5, 0.6) is 11.5 Å². The first kappa shape index (κ1) is 22.3. The van der Waals surface area contributed by atoms with E-state index in [1.165, 1.54) is 0 Å². The molecule has 0 spiro atoms. The molecule has 2 heterocycles. The highest BCUT2D eigenvalue weighted by Crippen LogP contribution is 2.38. The summed E-state index contributed by atoms with van der Waals surface area (Å²) in [4.78, 5) is 32.3. The molecule has 3 aromatic rings. The van der Waals surface area contributed by atoms with Gasteiger partial charge in [-0.25, -0.2) is 4.79 Å².